The molecule has 0 saturated heterocycles. The third-order valence-corrected chi connectivity index (χ3v) is 6.82. The van der Waals surface area contributed by atoms with Gasteiger partial charge < -0.3 is 5.32 Å². The van der Waals surface area contributed by atoms with Gasteiger partial charge in [-0.2, -0.15) is 0 Å². The fourth-order valence-electron chi connectivity index (χ4n) is 2.80. The number of rotatable bonds is 5. The van der Waals surface area contributed by atoms with Crippen molar-refractivity contribution in [2.75, 3.05) is 10.0 Å². The lowest BCUT2D eigenvalue weighted by molar-refractivity contribution is -0.115. The summed E-state index contributed by atoms with van der Waals surface area (Å²) in [5.74, 6) is -0.106. The van der Waals surface area contributed by atoms with Crippen molar-refractivity contribution in [2.24, 2.45) is 0 Å². The lowest BCUT2D eigenvalue weighted by atomic mass is 10.1. The van der Waals surface area contributed by atoms with Gasteiger partial charge in [-0.1, -0.05) is 18.2 Å². The van der Waals surface area contributed by atoms with Crippen molar-refractivity contribution in [2.45, 2.75) is 21.5 Å². The molecule has 28 heavy (non-hydrogen) atoms. The van der Waals surface area contributed by atoms with E-state index in [1.807, 2.05) is 24.3 Å². The zero-order valence-electron chi connectivity index (χ0n) is 14.6. The molecule has 1 aromatic heterocycles. The summed E-state index contributed by atoms with van der Waals surface area (Å²) in [5, 5.41) is 2.65. The summed E-state index contributed by atoms with van der Waals surface area (Å²) in [5.41, 5.74) is 1.71. The molecule has 1 amide bonds. The molecule has 0 bridgehead atoms. The molecule has 9 heteroatoms. The van der Waals surface area contributed by atoms with Crippen molar-refractivity contribution in [1.29, 1.82) is 0 Å². The van der Waals surface area contributed by atoms with Crippen LogP contribution in [0.25, 0.3) is 0 Å². The van der Waals surface area contributed by atoms with E-state index in [-0.39, 0.29) is 22.0 Å². The van der Waals surface area contributed by atoms with Crippen molar-refractivity contribution in [3.63, 3.8) is 0 Å². The Morgan fingerprint density at radius 3 is 2.43 bits per heavy atom. The first-order valence-corrected chi connectivity index (χ1v) is 10.8. The number of nitrogens with zero attached hydrogens (tertiary/aromatic N) is 2. The van der Waals surface area contributed by atoms with E-state index < -0.39 is 10.0 Å². The van der Waals surface area contributed by atoms with Gasteiger partial charge in [0.25, 0.3) is 10.0 Å². The Balaban J connectivity index is 1.42. The maximum atomic E-state index is 12.5. The molecule has 3 aromatic rings. The molecule has 1 aliphatic heterocycles. The summed E-state index contributed by atoms with van der Waals surface area (Å²) in [6.07, 6.45) is 3.58. The highest BCUT2D eigenvalue weighted by Gasteiger charge is 2.28. The van der Waals surface area contributed by atoms with Crippen LogP contribution in [0.1, 0.15) is 5.56 Å². The molecular weight excluding hydrogens is 396 g/mol. The molecule has 4 rings (SSSR count). The van der Waals surface area contributed by atoms with E-state index in [1.165, 1.54) is 30.1 Å². The number of hydrogen-bond acceptors (Lipinski definition) is 6. The van der Waals surface area contributed by atoms with E-state index in [0.717, 1.165) is 4.90 Å². The van der Waals surface area contributed by atoms with Crippen LogP contribution in [0.2, 0.25) is 0 Å². The second-order valence-corrected chi connectivity index (χ2v) is 9.04. The lowest BCUT2D eigenvalue weighted by Crippen LogP contribution is -2.24. The van der Waals surface area contributed by atoms with E-state index in [2.05, 4.69) is 20.0 Å². The van der Waals surface area contributed by atoms with Crippen molar-refractivity contribution in [3.05, 3.63) is 72.6 Å². The van der Waals surface area contributed by atoms with E-state index in [9.17, 15) is 13.2 Å². The second-order valence-electron chi connectivity index (χ2n) is 6.11. The lowest BCUT2D eigenvalue weighted by Gasteiger charge is -2.11. The third kappa shape index (κ3) is 4.00. The smallest absolute Gasteiger partial charge is 0.264 e. The van der Waals surface area contributed by atoms with Crippen LogP contribution in [0, 0.1) is 0 Å². The Bertz CT molecular complexity index is 1080. The highest BCUT2D eigenvalue weighted by atomic mass is 32.2. The Kier molecular flexibility index (Phi) is 5.01. The van der Waals surface area contributed by atoms with Crippen LogP contribution in [0.4, 0.5) is 11.6 Å². The number of anilines is 2. The number of sulfonamides is 1. The Labute approximate surface area is 166 Å². The molecule has 0 radical (unpaired) electrons. The number of aromatic nitrogens is 2. The van der Waals surface area contributed by atoms with Crippen molar-refractivity contribution < 1.29 is 13.2 Å². The number of thioether (sulfide) groups is 1. The van der Waals surface area contributed by atoms with E-state index in [1.54, 1.807) is 30.0 Å². The average Bonchev–Trinajstić information content (AvgIpc) is 3.13. The summed E-state index contributed by atoms with van der Waals surface area (Å²) in [6, 6.07) is 15.5. The van der Waals surface area contributed by atoms with Crippen LogP contribution in [0.5, 0.6) is 0 Å². The monoisotopic (exact) mass is 412 g/mol. The third-order valence-electron chi connectivity index (χ3n) is 4.16. The Hall–Kier alpha value is -2.91. The van der Waals surface area contributed by atoms with E-state index in [4.69, 9.17) is 0 Å². The normalized spacial score (nSPS) is 15.6. The van der Waals surface area contributed by atoms with Gasteiger partial charge in [0.15, 0.2) is 0 Å². The molecule has 1 aliphatic rings. The number of benzene rings is 2. The van der Waals surface area contributed by atoms with Gasteiger partial charge >= 0.3 is 0 Å². The second kappa shape index (κ2) is 7.61. The van der Waals surface area contributed by atoms with Crippen molar-refractivity contribution >= 4 is 39.3 Å². The SMILES string of the molecule is O=C(Nc1ccc(S(=O)(=O)Nc2ncccn2)cc1)[C@H]1Cc2ccccc2S1. The Morgan fingerprint density at radius 2 is 1.71 bits per heavy atom. The molecule has 0 fully saturated rings. The highest BCUT2D eigenvalue weighted by molar-refractivity contribution is 8.01. The van der Waals surface area contributed by atoms with Crippen LogP contribution in [0.3, 0.4) is 0 Å². The zero-order valence-corrected chi connectivity index (χ0v) is 16.2. The van der Waals surface area contributed by atoms with Crippen LogP contribution < -0.4 is 10.0 Å². The average molecular weight is 412 g/mol. The topological polar surface area (TPSA) is 101 Å². The molecule has 0 saturated carbocycles. The molecule has 0 unspecified atom stereocenters. The minimum absolute atomic E-state index is 0.00213. The molecule has 142 valence electrons. The Morgan fingerprint density at radius 1 is 1.00 bits per heavy atom. The van der Waals surface area contributed by atoms with Crippen LogP contribution in [0.15, 0.2) is 76.8 Å². The maximum absolute atomic E-state index is 12.5. The summed E-state index contributed by atoms with van der Waals surface area (Å²) < 4.78 is 27.1. The first-order valence-electron chi connectivity index (χ1n) is 8.47. The molecule has 0 aliphatic carbocycles. The predicted molar refractivity (Wildman–Crippen MR) is 108 cm³/mol. The highest BCUT2D eigenvalue weighted by Crippen LogP contribution is 2.37. The molecule has 1 atom stereocenters. The van der Waals surface area contributed by atoms with Gasteiger partial charge in [0.2, 0.25) is 11.9 Å². The van der Waals surface area contributed by atoms with E-state index in [0.29, 0.717) is 12.1 Å². The van der Waals surface area contributed by atoms with Crippen LogP contribution >= 0.6 is 11.8 Å². The minimum Gasteiger partial charge on any atom is -0.325 e. The quantitative estimate of drug-likeness (QED) is 0.668. The molecule has 2 aromatic carbocycles. The number of hydrogen-bond donors (Lipinski definition) is 2. The molecule has 0 spiro atoms. The zero-order chi connectivity index (χ0) is 19.6. The number of carbonyl (C=O) groups excluding carboxylic acids is 1. The summed E-state index contributed by atoms with van der Waals surface area (Å²) in [6.45, 7) is 0. The van der Waals surface area contributed by atoms with Crippen LogP contribution in [-0.2, 0) is 21.2 Å². The molecule has 2 N–H and O–H groups in total. The number of nitrogens with one attached hydrogen (secondary N) is 2. The van der Waals surface area contributed by atoms with Gasteiger partial charge in [0.05, 0.1) is 10.1 Å². The standard InChI is InChI=1S/C19H16N4O3S2/c24-18(17-12-13-4-1-2-5-16(13)27-17)22-14-6-8-15(9-7-14)28(25,26)23-19-20-10-3-11-21-19/h1-11,17H,12H2,(H,22,24)(H,20,21,23)/t17-/m1/s1. The number of amides is 1. The van der Waals surface area contributed by atoms with Crippen molar-refractivity contribution in [1.82, 2.24) is 9.97 Å². The fourth-order valence-corrected chi connectivity index (χ4v) is 4.95. The summed E-state index contributed by atoms with van der Waals surface area (Å²) in [7, 11) is -3.80. The predicted octanol–water partition coefficient (Wildman–Crippen LogP) is 2.93. The maximum Gasteiger partial charge on any atom is 0.264 e. The largest absolute Gasteiger partial charge is 0.325 e. The first-order chi connectivity index (χ1) is 13.5. The van der Waals surface area contributed by atoms with Gasteiger partial charge in [0.1, 0.15) is 0 Å². The molecule has 2 heterocycles. The number of carbonyl (C=O) groups is 1. The number of fused-ring (bicyclic) bond motifs is 1. The van der Waals surface area contributed by atoms with Gasteiger partial charge in [-0.25, -0.2) is 23.1 Å². The van der Waals surface area contributed by atoms with E-state index >= 15 is 0 Å². The van der Waals surface area contributed by atoms with Gasteiger partial charge in [-0.15, -0.1) is 11.8 Å². The minimum atomic E-state index is -3.80. The fraction of sp³-hybridized carbons (Fsp3) is 0.105. The molecular formula is C19H16N4O3S2. The summed E-state index contributed by atoms with van der Waals surface area (Å²) in [4.78, 5) is 21.4. The van der Waals surface area contributed by atoms with Crippen LogP contribution in [-0.4, -0.2) is 29.5 Å². The van der Waals surface area contributed by atoms with Gasteiger partial charge in [-0.05, 0) is 48.4 Å². The summed E-state index contributed by atoms with van der Waals surface area (Å²) >= 11 is 1.54. The van der Waals surface area contributed by atoms with Gasteiger partial charge in [-0.3, -0.25) is 4.79 Å². The molecule has 7 nitrogen and oxygen atoms in total. The first kappa shape index (κ1) is 18.5. The van der Waals surface area contributed by atoms with Crippen molar-refractivity contribution in [3.8, 4) is 0 Å². The van der Waals surface area contributed by atoms with Gasteiger partial charge in [0, 0.05) is 23.0 Å².